The molecule has 12 nitrogen and oxygen atoms in total. The Labute approximate surface area is 255 Å². The second-order valence-corrected chi connectivity index (χ2v) is 11.3. The van der Waals surface area contributed by atoms with Gasteiger partial charge in [-0.05, 0) is 49.4 Å². The molecule has 1 unspecified atom stereocenters. The maximum Gasteiger partial charge on any atom is 0.251 e. The van der Waals surface area contributed by atoms with E-state index in [0.717, 1.165) is 45.1 Å². The van der Waals surface area contributed by atoms with E-state index in [1.807, 2.05) is 12.1 Å². The maximum absolute atomic E-state index is 14.9. The van der Waals surface area contributed by atoms with Gasteiger partial charge in [0.1, 0.15) is 30.4 Å². The maximum atomic E-state index is 14.9. The zero-order valence-electron chi connectivity index (χ0n) is 24.5. The number of piperazine rings is 1. The molecule has 1 aromatic heterocycles. The normalized spacial score (nSPS) is 21.7. The van der Waals surface area contributed by atoms with Gasteiger partial charge in [0.15, 0.2) is 12.0 Å². The standard InChI is InChI=1S/C31H35FN8O4/c1-20(41)30(42)40-9-8-28(26(32)16-40)44-27-7-2-21(14-22(27)15-33)29-34-19-35-31(37-29)36-23-3-5-24(6-4-23)38-10-12-39(13-11-38)25-17-43-18-25/h2-7,14,19-20,25-26,28,41H,8-13,16-18H2,1H3,(H,34,35,36,37)/t20?,26-,28+/m1/s1. The molecule has 0 saturated carbocycles. The van der Waals surface area contributed by atoms with Gasteiger partial charge >= 0.3 is 0 Å². The lowest BCUT2D eigenvalue weighted by Crippen LogP contribution is -2.56. The van der Waals surface area contributed by atoms with E-state index in [-0.39, 0.29) is 30.8 Å². The Morgan fingerprint density at radius 2 is 1.91 bits per heavy atom. The van der Waals surface area contributed by atoms with Crippen LogP contribution in [-0.4, -0.2) is 113 Å². The number of aromatic nitrogens is 3. The number of carbonyl (C=O) groups is 1. The van der Waals surface area contributed by atoms with Gasteiger partial charge < -0.3 is 29.7 Å². The number of piperidine rings is 1. The molecule has 3 fully saturated rings. The monoisotopic (exact) mass is 602 g/mol. The third kappa shape index (κ3) is 6.57. The molecular weight excluding hydrogens is 567 g/mol. The van der Waals surface area contributed by atoms with Gasteiger partial charge in [-0.1, -0.05) is 0 Å². The number of hydrogen-bond donors (Lipinski definition) is 2. The van der Waals surface area contributed by atoms with Crippen LogP contribution >= 0.6 is 0 Å². The minimum absolute atomic E-state index is 0.175. The molecule has 6 rings (SSSR count). The van der Waals surface area contributed by atoms with Crippen LogP contribution in [0.4, 0.5) is 21.7 Å². The van der Waals surface area contributed by atoms with Crippen LogP contribution in [0.5, 0.6) is 5.75 Å². The highest BCUT2D eigenvalue weighted by Crippen LogP contribution is 2.29. The molecule has 3 aliphatic heterocycles. The fraction of sp³-hybridized carbons (Fsp3) is 0.452. The lowest BCUT2D eigenvalue weighted by atomic mass is 10.0. The number of nitrogens with zero attached hydrogens (tertiary/aromatic N) is 7. The van der Waals surface area contributed by atoms with Crippen LogP contribution < -0.4 is 15.0 Å². The SMILES string of the molecule is CC(O)C(=O)N1CC[C@H](Oc2ccc(-c3ncnc(Nc4ccc(N5CCN(C6COC6)CC5)cc4)n3)cc2C#N)[C@H](F)C1. The first-order chi connectivity index (χ1) is 21.4. The molecule has 0 aliphatic carbocycles. The first-order valence-corrected chi connectivity index (χ1v) is 14.8. The molecule has 0 spiro atoms. The Morgan fingerprint density at radius 3 is 2.57 bits per heavy atom. The second kappa shape index (κ2) is 13.1. The molecule has 44 heavy (non-hydrogen) atoms. The van der Waals surface area contributed by atoms with Crippen molar-refractivity contribution < 1.29 is 23.8 Å². The summed E-state index contributed by atoms with van der Waals surface area (Å²) in [6.45, 7) is 7.15. The Kier molecular flexibility index (Phi) is 8.83. The van der Waals surface area contributed by atoms with Crippen molar-refractivity contribution in [2.24, 2.45) is 0 Å². The molecule has 3 aliphatic rings. The van der Waals surface area contributed by atoms with Crippen molar-refractivity contribution in [3.63, 3.8) is 0 Å². The van der Waals surface area contributed by atoms with E-state index in [2.05, 4.69) is 48.3 Å². The van der Waals surface area contributed by atoms with Crippen LogP contribution in [-0.2, 0) is 9.53 Å². The van der Waals surface area contributed by atoms with E-state index in [0.29, 0.717) is 23.4 Å². The second-order valence-electron chi connectivity index (χ2n) is 11.3. The Bertz CT molecular complexity index is 1510. The summed E-state index contributed by atoms with van der Waals surface area (Å²) in [5, 5.41) is 22.5. The summed E-state index contributed by atoms with van der Waals surface area (Å²) in [4.78, 5) is 31.3. The first kappa shape index (κ1) is 29.7. The molecule has 0 radical (unpaired) electrons. The molecule has 2 N–H and O–H groups in total. The van der Waals surface area contributed by atoms with Crippen LogP contribution in [0, 0.1) is 11.3 Å². The summed E-state index contributed by atoms with van der Waals surface area (Å²) >= 11 is 0. The number of rotatable bonds is 8. The largest absolute Gasteiger partial charge is 0.486 e. The van der Waals surface area contributed by atoms with E-state index >= 15 is 0 Å². The Balaban J connectivity index is 1.07. The van der Waals surface area contributed by atoms with Crippen molar-refractivity contribution in [1.82, 2.24) is 24.8 Å². The fourth-order valence-corrected chi connectivity index (χ4v) is 5.66. The molecule has 3 saturated heterocycles. The molecule has 3 atom stereocenters. The number of nitrogens with one attached hydrogen (secondary N) is 1. The highest BCUT2D eigenvalue weighted by molar-refractivity contribution is 5.80. The van der Waals surface area contributed by atoms with Crippen molar-refractivity contribution in [2.45, 2.75) is 37.8 Å². The van der Waals surface area contributed by atoms with Gasteiger partial charge in [0.2, 0.25) is 5.95 Å². The number of likely N-dealkylation sites (tertiary alicyclic amines) is 1. The molecule has 1 amide bonds. The zero-order valence-corrected chi connectivity index (χ0v) is 24.5. The summed E-state index contributed by atoms with van der Waals surface area (Å²) in [7, 11) is 0. The topological polar surface area (TPSA) is 140 Å². The number of halogens is 1. The van der Waals surface area contributed by atoms with Gasteiger partial charge in [-0.2, -0.15) is 10.2 Å². The van der Waals surface area contributed by atoms with Crippen LogP contribution in [0.3, 0.4) is 0 Å². The van der Waals surface area contributed by atoms with Gasteiger partial charge in [-0.3, -0.25) is 9.69 Å². The summed E-state index contributed by atoms with van der Waals surface area (Å²) in [6.07, 6.45) is -1.83. The zero-order chi connectivity index (χ0) is 30.6. The molecule has 2 aromatic carbocycles. The van der Waals surface area contributed by atoms with E-state index in [9.17, 15) is 19.6 Å². The quantitative estimate of drug-likeness (QED) is 0.393. The highest BCUT2D eigenvalue weighted by atomic mass is 19.1. The number of aliphatic hydroxyl groups excluding tert-OH is 1. The summed E-state index contributed by atoms with van der Waals surface area (Å²) in [6, 6.07) is 15.7. The van der Waals surface area contributed by atoms with E-state index in [4.69, 9.17) is 9.47 Å². The minimum Gasteiger partial charge on any atom is -0.486 e. The molecule has 13 heteroatoms. The lowest BCUT2D eigenvalue weighted by Gasteiger charge is -2.43. The highest BCUT2D eigenvalue weighted by Gasteiger charge is 2.34. The third-order valence-electron chi connectivity index (χ3n) is 8.30. The molecule has 4 heterocycles. The minimum atomic E-state index is -1.46. The van der Waals surface area contributed by atoms with Gasteiger partial charge in [0.25, 0.3) is 5.91 Å². The number of ether oxygens (including phenoxy) is 2. The number of nitriles is 1. The van der Waals surface area contributed by atoms with Crippen LogP contribution in [0.15, 0.2) is 48.8 Å². The van der Waals surface area contributed by atoms with E-state index < -0.39 is 24.3 Å². The van der Waals surface area contributed by atoms with Crippen molar-refractivity contribution in [2.75, 3.05) is 62.7 Å². The van der Waals surface area contributed by atoms with Crippen molar-refractivity contribution in [3.05, 3.63) is 54.4 Å². The molecular formula is C31H35FN8O4. The summed E-state index contributed by atoms with van der Waals surface area (Å²) in [5.41, 5.74) is 2.79. The number of amides is 1. The van der Waals surface area contributed by atoms with Crippen LogP contribution in [0.25, 0.3) is 11.4 Å². The van der Waals surface area contributed by atoms with Crippen molar-refractivity contribution >= 4 is 23.2 Å². The molecule has 230 valence electrons. The Morgan fingerprint density at radius 1 is 1.14 bits per heavy atom. The van der Waals surface area contributed by atoms with Crippen LogP contribution in [0.2, 0.25) is 0 Å². The predicted octanol–water partition coefficient (Wildman–Crippen LogP) is 2.37. The molecule has 3 aromatic rings. The average Bonchev–Trinajstić information content (AvgIpc) is 3.02. The number of hydrogen-bond acceptors (Lipinski definition) is 11. The lowest BCUT2D eigenvalue weighted by molar-refractivity contribution is -0.143. The predicted molar refractivity (Wildman–Crippen MR) is 160 cm³/mol. The van der Waals surface area contributed by atoms with Gasteiger partial charge in [0, 0.05) is 56.1 Å². The fourth-order valence-electron chi connectivity index (χ4n) is 5.66. The molecule has 0 bridgehead atoms. The smallest absolute Gasteiger partial charge is 0.251 e. The summed E-state index contributed by atoms with van der Waals surface area (Å²) in [5.74, 6) is 0.452. The van der Waals surface area contributed by atoms with E-state index in [1.54, 1.807) is 18.2 Å². The average molecular weight is 603 g/mol. The number of anilines is 3. The Hall–Kier alpha value is -4.38. The van der Waals surface area contributed by atoms with Crippen LogP contribution in [0.1, 0.15) is 18.9 Å². The number of aliphatic hydroxyl groups is 1. The number of benzene rings is 2. The van der Waals surface area contributed by atoms with Gasteiger partial charge in [-0.15, -0.1) is 0 Å². The van der Waals surface area contributed by atoms with Gasteiger partial charge in [-0.25, -0.2) is 14.4 Å². The number of carbonyl (C=O) groups excluding carboxylic acids is 1. The third-order valence-corrected chi connectivity index (χ3v) is 8.30. The van der Waals surface area contributed by atoms with Gasteiger partial charge in [0.05, 0.1) is 31.4 Å². The number of alkyl halides is 1. The first-order valence-electron chi connectivity index (χ1n) is 14.8. The van der Waals surface area contributed by atoms with Crippen molar-refractivity contribution in [3.8, 4) is 23.2 Å². The van der Waals surface area contributed by atoms with Crippen molar-refractivity contribution in [1.29, 1.82) is 5.26 Å². The van der Waals surface area contributed by atoms with E-state index in [1.165, 1.54) is 23.8 Å². The summed E-state index contributed by atoms with van der Waals surface area (Å²) < 4.78 is 26.1.